The van der Waals surface area contributed by atoms with Crippen LogP contribution in [0.15, 0.2) is 18.2 Å². The minimum absolute atomic E-state index is 0.104. The number of halogens is 1. The molecule has 1 fully saturated rings. The fourth-order valence-corrected chi connectivity index (χ4v) is 3.52. The maximum Gasteiger partial charge on any atom is 0.313 e. The summed E-state index contributed by atoms with van der Waals surface area (Å²) in [5.41, 5.74) is 0.886. The molecule has 1 aromatic rings. The topological polar surface area (TPSA) is 49.4 Å². The number of carbonyl (C=O) groups is 2. The third kappa shape index (κ3) is 3.75. The Morgan fingerprint density at radius 1 is 1.48 bits per heavy atom. The molecule has 1 aliphatic rings. The first-order valence-electron chi connectivity index (χ1n) is 6.97. The van der Waals surface area contributed by atoms with Gasteiger partial charge in [0, 0.05) is 24.5 Å². The number of hydrogen-bond donors (Lipinski definition) is 1. The second kappa shape index (κ2) is 6.93. The zero-order valence-electron chi connectivity index (χ0n) is 12.2. The molecule has 1 unspecified atom stereocenters. The number of carbonyl (C=O) groups excluding carboxylic acids is 2. The Hall–Kier alpha value is -1.56. The van der Waals surface area contributed by atoms with Crippen molar-refractivity contribution in [1.29, 1.82) is 0 Å². The first-order chi connectivity index (χ1) is 10.0. The highest BCUT2D eigenvalue weighted by Crippen LogP contribution is 2.21. The average molecular weight is 310 g/mol. The van der Waals surface area contributed by atoms with Crippen molar-refractivity contribution in [2.75, 3.05) is 23.9 Å². The van der Waals surface area contributed by atoms with Crippen LogP contribution in [-0.2, 0) is 16.0 Å². The van der Waals surface area contributed by atoms with Crippen LogP contribution >= 0.6 is 11.8 Å². The van der Waals surface area contributed by atoms with Crippen molar-refractivity contribution in [3.63, 3.8) is 0 Å². The fourth-order valence-electron chi connectivity index (χ4n) is 2.25. The van der Waals surface area contributed by atoms with Gasteiger partial charge in [0.15, 0.2) is 0 Å². The molecule has 0 aromatic heterocycles. The lowest BCUT2D eigenvalue weighted by atomic mass is 10.1. The van der Waals surface area contributed by atoms with E-state index in [-0.39, 0.29) is 11.9 Å². The lowest BCUT2D eigenvalue weighted by molar-refractivity contribution is -0.143. The van der Waals surface area contributed by atoms with E-state index in [0.717, 1.165) is 17.9 Å². The minimum Gasteiger partial charge on any atom is -0.334 e. The Labute approximate surface area is 128 Å². The summed E-state index contributed by atoms with van der Waals surface area (Å²) in [5, 5.41) is 2.46. The van der Waals surface area contributed by atoms with Gasteiger partial charge < -0.3 is 10.2 Å². The molecule has 1 saturated heterocycles. The van der Waals surface area contributed by atoms with Crippen LogP contribution in [0.5, 0.6) is 0 Å². The van der Waals surface area contributed by atoms with Crippen LogP contribution in [-0.4, -0.2) is 41.3 Å². The number of amides is 2. The van der Waals surface area contributed by atoms with E-state index in [1.807, 2.05) is 6.92 Å². The summed E-state index contributed by atoms with van der Waals surface area (Å²) >= 11 is 1.77. The molecule has 2 rings (SSSR count). The standard InChI is InChI=1S/C15H19FN2O2S/c1-3-10-4-5-11(8-13(10)16)17-14(19)15(20)18(2)12-6-7-21-9-12/h4-5,8,12H,3,6-7,9H2,1-2H3,(H,17,19). The summed E-state index contributed by atoms with van der Waals surface area (Å²) in [6.07, 6.45) is 1.49. The molecule has 1 heterocycles. The second-order valence-electron chi connectivity index (χ2n) is 5.05. The van der Waals surface area contributed by atoms with E-state index in [4.69, 9.17) is 0 Å². The molecule has 0 aliphatic carbocycles. The van der Waals surface area contributed by atoms with Gasteiger partial charge in [-0.05, 0) is 36.3 Å². The molecule has 0 radical (unpaired) electrons. The number of nitrogens with one attached hydrogen (secondary N) is 1. The molecule has 4 nitrogen and oxygen atoms in total. The highest BCUT2D eigenvalue weighted by Gasteiger charge is 2.28. The van der Waals surface area contributed by atoms with Crippen LogP contribution in [0.3, 0.4) is 0 Å². The van der Waals surface area contributed by atoms with E-state index in [1.54, 1.807) is 30.9 Å². The molecule has 114 valence electrons. The highest BCUT2D eigenvalue weighted by atomic mass is 32.2. The number of likely N-dealkylation sites (N-methyl/N-ethyl adjacent to an activating group) is 1. The Morgan fingerprint density at radius 2 is 2.24 bits per heavy atom. The van der Waals surface area contributed by atoms with Crippen LogP contribution in [0.4, 0.5) is 10.1 Å². The van der Waals surface area contributed by atoms with Gasteiger partial charge in [-0.3, -0.25) is 9.59 Å². The van der Waals surface area contributed by atoms with Gasteiger partial charge in [0.05, 0.1) is 0 Å². The molecule has 2 amide bonds. The van der Waals surface area contributed by atoms with Gasteiger partial charge in [-0.1, -0.05) is 13.0 Å². The maximum atomic E-state index is 13.7. The van der Waals surface area contributed by atoms with Crippen molar-refractivity contribution >= 4 is 29.3 Å². The molecule has 6 heteroatoms. The van der Waals surface area contributed by atoms with Crippen molar-refractivity contribution in [2.24, 2.45) is 0 Å². The zero-order valence-corrected chi connectivity index (χ0v) is 13.0. The first kappa shape index (κ1) is 15.8. The fraction of sp³-hybridized carbons (Fsp3) is 0.467. The molecule has 1 atom stereocenters. The molecule has 1 aromatic carbocycles. The molecular formula is C15H19FN2O2S. The molecule has 1 N–H and O–H groups in total. The van der Waals surface area contributed by atoms with Crippen LogP contribution in [0.1, 0.15) is 18.9 Å². The Morgan fingerprint density at radius 3 is 2.81 bits per heavy atom. The SMILES string of the molecule is CCc1ccc(NC(=O)C(=O)N(C)C2CCSC2)cc1F. The Balaban J connectivity index is 2.00. The Bertz CT molecular complexity index is 544. The number of benzene rings is 1. The van der Waals surface area contributed by atoms with Crippen molar-refractivity contribution in [3.05, 3.63) is 29.6 Å². The molecule has 21 heavy (non-hydrogen) atoms. The lowest BCUT2D eigenvalue weighted by Gasteiger charge is -2.23. The second-order valence-corrected chi connectivity index (χ2v) is 6.20. The van der Waals surface area contributed by atoms with Gasteiger partial charge in [-0.25, -0.2) is 4.39 Å². The highest BCUT2D eigenvalue weighted by molar-refractivity contribution is 7.99. The predicted octanol–water partition coefficient (Wildman–Crippen LogP) is 2.29. The maximum absolute atomic E-state index is 13.7. The van der Waals surface area contributed by atoms with Gasteiger partial charge in [-0.2, -0.15) is 11.8 Å². The van der Waals surface area contributed by atoms with Gasteiger partial charge in [0.1, 0.15) is 5.82 Å². The van der Waals surface area contributed by atoms with E-state index in [2.05, 4.69) is 5.32 Å². The van der Waals surface area contributed by atoms with E-state index in [9.17, 15) is 14.0 Å². The first-order valence-corrected chi connectivity index (χ1v) is 8.12. The zero-order chi connectivity index (χ0) is 15.4. The summed E-state index contributed by atoms with van der Waals surface area (Å²) in [6, 6.07) is 4.58. The number of hydrogen-bond acceptors (Lipinski definition) is 3. The van der Waals surface area contributed by atoms with Crippen LogP contribution < -0.4 is 5.32 Å². The number of aryl methyl sites for hydroxylation is 1. The van der Waals surface area contributed by atoms with Crippen molar-refractivity contribution in [1.82, 2.24) is 4.90 Å². The van der Waals surface area contributed by atoms with E-state index < -0.39 is 11.8 Å². The quantitative estimate of drug-likeness (QED) is 0.872. The van der Waals surface area contributed by atoms with Crippen molar-refractivity contribution in [3.8, 4) is 0 Å². The summed E-state index contributed by atoms with van der Waals surface area (Å²) in [6.45, 7) is 1.86. The number of nitrogens with zero attached hydrogens (tertiary/aromatic N) is 1. The minimum atomic E-state index is -0.724. The summed E-state index contributed by atoms with van der Waals surface area (Å²) in [7, 11) is 1.64. The molecule has 0 bridgehead atoms. The van der Waals surface area contributed by atoms with E-state index in [0.29, 0.717) is 17.7 Å². The smallest absolute Gasteiger partial charge is 0.313 e. The number of anilines is 1. The predicted molar refractivity (Wildman–Crippen MR) is 82.9 cm³/mol. The van der Waals surface area contributed by atoms with Gasteiger partial charge in [0.25, 0.3) is 0 Å². The average Bonchev–Trinajstić information content (AvgIpc) is 3.00. The third-order valence-corrected chi connectivity index (χ3v) is 4.80. The molecule has 0 spiro atoms. The Kier molecular flexibility index (Phi) is 5.22. The molecule has 1 aliphatic heterocycles. The number of thioether (sulfide) groups is 1. The van der Waals surface area contributed by atoms with E-state index in [1.165, 1.54) is 11.0 Å². The van der Waals surface area contributed by atoms with Crippen LogP contribution in [0, 0.1) is 5.82 Å². The largest absolute Gasteiger partial charge is 0.334 e. The summed E-state index contributed by atoms with van der Waals surface area (Å²) in [5.74, 6) is 0.187. The lowest BCUT2D eigenvalue weighted by Crippen LogP contribution is -2.43. The van der Waals surface area contributed by atoms with Crippen LogP contribution in [0.2, 0.25) is 0 Å². The van der Waals surface area contributed by atoms with Gasteiger partial charge in [0.2, 0.25) is 0 Å². The van der Waals surface area contributed by atoms with Gasteiger partial charge in [-0.15, -0.1) is 0 Å². The summed E-state index contributed by atoms with van der Waals surface area (Å²) in [4.78, 5) is 25.5. The normalized spacial score (nSPS) is 17.6. The summed E-state index contributed by atoms with van der Waals surface area (Å²) < 4.78 is 13.7. The molecule has 0 saturated carbocycles. The van der Waals surface area contributed by atoms with Gasteiger partial charge >= 0.3 is 11.8 Å². The monoisotopic (exact) mass is 310 g/mol. The molecular weight excluding hydrogens is 291 g/mol. The number of rotatable bonds is 3. The van der Waals surface area contributed by atoms with E-state index >= 15 is 0 Å². The third-order valence-electron chi connectivity index (χ3n) is 3.66. The van der Waals surface area contributed by atoms with Crippen molar-refractivity contribution < 1.29 is 14.0 Å². The van der Waals surface area contributed by atoms with Crippen LogP contribution in [0.25, 0.3) is 0 Å². The van der Waals surface area contributed by atoms with Crippen molar-refractivity contribution in [2.45, 2.75) is 25.8 Å².